The topological polar surface area (TPSA) is 52.9 Å². The molecule has 1 aliphatic heterocycles. The van der Waals surface area contributed by atoms with E-state index in [1.54, 1.807) is 6.92 Å². The van der Waals surface area contributed by atoms with Crippen LogP contribution in [0.25, 0.3) is 0 Å². The normalized spacial score (nSPS) is 29.4. The second kappa shape index (κ2) is 5.99. The molecule has 4 nitrogen and oxygen atoms in total. The second-order valence-corrected chi connectivity index (χ2v) is 7.24. The lowest BCUT2D eigenvalue weighted by molar-refractivity contribution is -0.313. The zero-order valence-electron chi connectivity index (χ0n) is 13.8. The maximum Gasteiger partial charge on any atom is 0.439 e. The number of fused-ring (bicyclic) bond motifs is 1. The zero-order valence-corrected chi connectivity index (χ0v) is 14.5. The lowest BCUT2D eigenvalue weighted by Gasteiger charge is -2.39. The Hall–Kier alpha value is -1.60. The van der Waals surface area contributed by atoms with Crippen molar-refractivity contribution in [3.63, 3.8) is 0 Å². The van der Waals surface area contributed by atoms with E-state index in [2.05, 4.69) is 5.10 Å². The van der Waals surface area contributed by atoms with Gasteiger partial charge in [-0.25, -0.2) is 0 Å². The fraction of sp³-hybridized carbons (Fsp3) is 0.529. The molecule has 1 heterocycles. The Morgan fingerprint density at radius 3 is 2.72 bits per heavy atom. The highest BCUT2D eigenvalue weighted by molar-refractivity contribution is 6.31. The Morgan fingerprint density at radius 1 is 1.44 bits per heavy atom. The average Bonchev–Trinajstić information content (AvgIpc) is 2.83. The summed E-state index contributed by atoms with van der Waals surface area (Å²) >= 11 is 5.91. The van der Waals surface area contributed by atoms with Gasteiger partial charge in [0.1, 0.15) is 0 Å². The maximum atomic E-state index is 13.8. The van der Waals surface area contributed by atoms with Crippen molar-refractivity contribution in [3.05, 3.63) is 34.3 Å². The fourth-order valence-corrected chi connectivity index (χ4v) is 3.63. The van der Waals surface area contributed by atoms with E-state index in [9.17, 15) is 23.1 Å². The molecule has 1 fully saturated rings. The Kier molecular flexibility index (Phi) is 4.36. The molecule has 1 aromatic carbocycles. The van der Waals surface area contributed by atoms with Gasteiger partial charge in [-0.05, 0) is 55.9 Å². The number of carbonyl (C=O) groups excluding carboxylic acids is 1. The second-order valence-electron chi connectivity index (χ2n) is 6.83. The number of hydrazone groups is 1. The van der Waals surface area contributed by atoms with Gasteiger partial charge in [0.15, 0.2) is 0 Å². The van der Waals surface area contributed by atoms with E-state index in [4.69, 9.17) is 11.6 Å². The molecule has 0 saturated heterocycles. The smallest absolute Gasteiger partial charge is 0.362 e. The van der Waals surface area contributed by atoms with Crippen LogP contribution in [-0.4, -0.2) is 33.6 Å². The van der Waals surface area contributed by atoms with Gasteiger partial charge < -0.3 is 5.11 Å². The molecule has 8 heteroatoms. The fourth-order valence-electron chi connectivity index (χ4n) is 3.51. The summed E-state index contributed by atoms with van der Waals surface area (Å²) in [5.41, 5.74) is -2.53. The third kappa shape index (κ3) is 2.83. The number of benzene rings is 1. The number of hydrogen-bond donors (Lipinski definition) is 1. The van der Waals surface area contributed by atoms with E-state index >= 15 is 0 Å². The van der Waals surface area contributed by atoms with Crippen LogP contribution in [0.5, 0.6) is 0 Å². The summed E-state index contributed by atoms with van der Waals surface area (Å²) in [4.78, 5) is 12.7. The van der Waals surface area contributed by atoms with Crippen LogP contribution in [0.4, 0.5) is 13.2 Å². The SMILES string of the molecule is Cc1cc(C(=O)N2N=C3CC[C@H](C)C[C@@H]3[C@@]2(O)C(F)(F)F)ccc1Cl. The number of alkyl halides is 3. The van der Waals surface area contributed by atoms with Crippen LogP contribution >= 0.6 is 11.6 Å². The Balaban J connectivity index is 2.05. The highest BCUT2D eigenvalue weighted by atomic mass is 35.5. The van der Waals surface area contributed by atoms with Crippen molar-refractivity contribution in [1.82, 2.24) is 5.01 Å². The summed E-state index contributed by atoms with van der Waals surface area (Å²) in [6.45, 7) is 3.48. The molecule has 136 valence electrons. The van der Waals surface area contributed by atoms with Crippen LogP contribution in [0.15, 0.2) is 23.3 Å². The highest BCUT2D eigenvalue weighted by Gasteiger charge is 2.68. The van der Waals surface area contributed by atoms with Crippen molar-refractivity contribution in [1.29, 1.82) is 0 Å². The Bertz CT molecular complexity index is 750. The van der Waals surface area contributed by atoms with Crippen LogP contribution in [0, 0.1) is 18.8 Å². The van der Waals surface area contributed by atoms with Crippen molar-refractivity contribution >= 4 is 23.2 Å². The molecule has 2 aliphatic rings. The monoisotopic (exact) mass is 374 g/mol. The summed E-state index contributed by atoms with van der Waals surface area (Å²) in [5.74, 6) is -2.20. The van der Waals surface area contributed by atoms with E-state index in [0.29, 0.717) is 23.4 Å². The van der Waals surface area contributed by atoms with Gasteiger partial charge in [0, 0.05) is 16.3 Å². The number of halogens is 4. The molecule has 0 aromatic heterocycles. The standard InChI is InChI=1S/C17H18ClF3N2O2/c1-9-3-6-14-12(7-9)16(25,17(19,20)21)23(22-14)15(24)11-4-5-13(18)10(2)8-11/h4-5,8-9,12,25H,3,6-7H2,1-2H3/t9-,12-,16+/m0/s1. The van der Waals surface area contributed by atoms with E-state index in [0.717, 1.165) is 0 Å². The number of amides is 1. The van der Waals surface area contributed by atoms with Crippen LogP contribution < -0.4 is 0 Å². The molecule has 0 spiro atoms. The molecule has 25 heavy (non-hydrogen) atoms. The van der Waals surface area contributed by atoms with Gasteiger partial charge in [-0.3, -0.25) is 4.79 Å². The zero-order chi connectivity index (χ0) is 18.6. The minimum absolute atomic E-state index is 0.000574. The molecular formula is C17H18ClF3N2O2. The number of nitrogens with zero attached hydrogens (tertiary/aromatic N) is 2. The van der Waals surface area contributed by atoms with E-state index in [1.165, 1.54) is 18.2 Å². The first-order chi connectivity index (χ1) is 11.6. The lowest BCUT2D eigenvalue weighted by Crippen LogP contribution is -2.61. The molecular weight excluding hydrogens is 357 g/mol. The molecule has 1 aliphatic carbocycles. The van der Waals surface area contributed by atoms with Gasteiger partial charge in [0.05, 0.1) is 5.92 Å². The largest absolute Gasteiger partial charge is 0.439 e. The summed E-state index contributed by atoms with van der Waals surface area (Å²) in [6.07, 6.45) is -3.85. The maximum absolute atomic E-state index is 13.8. The van der Waals surface area contributed by atoms with Crippen molar-refractivity contribution in [2.75, 3.05) is 0 Å². The first-order valence-electron chi connectivity index (χ1n) is 8.03. The summed E-state index contributed by atoms with van der Waals surface area (Å²) < 4.78 is 41.3. The van der Waals surface area contributed by atoms with Gasteiger partial charge in [-0.1, -0.05) is 18.5 Å². The lowest BCUT2D eigenvalue weighted by atomic mass is 9.76. The molecule has 1 N–H and O–H groups in total. The minimum Gasteiger partial charge on any atom is -0.362 e. The minimum atomic E-state index is -5.02. The van der Waals surface area contributed by atoms with Crippen molar-refractivity contribution in [2.24, 2.45) is 16.9 Å². The molecule has 0 unspecified atom stereocenters. The van der Waals surface area contributed by atoms with Crippen LogP contribution in [0.2, 0.25) is 5.02 Å². The first-order valence-corrected chi connectivity index (χ1v) is 8.40. The number of carbonyl (C=O) groups is 1. The summed E-state index contributed by atoms with van der Waals surface area (Å²) in [5, 5.41) is 15.1. The highest BCUT2D eigenvalue weighted by Crippen LogP contribution is 2.49. The average molecular weight is 375 g/mol. The third-order valence-corrected chi connectivity index (χ3v) is 5.41. The van der Waals surface area contributed by atoms with Crippen LogP contribution in [-0.2, 0) is 0 Å². The van der Waals surface area contributed by atoms with Gasteiger partial charge in [0.2, 0.25) is 0 Å². The molecule has 1 saturated carbocycles. The van der Waals surface area contributed by atoms with Crippen LogP contribution in [0.1, 0.15) is 42.1 Å². The van der Waals surface area contributed by atoms with Gasteiger partial charge >= 0.3 is 6.18 Å². The van der Waals surface area contributed by atoms with Gasteiger partial charge in [-0.15, -0.1) is 0 Å². The molecule has 0 bridgehead atoms. The van der Waals surface area contributed by atoms with Crippen molar-refractivity contribution in [3.8, 4) is 0 Å². The Labute approximate surface area is 148 Å². The van der Waals surface area contributed by atoms with Crippen molar-refractivity contribution in [2.45, 2.75) is 45.0 Å². The predicted octanol–water partition coefficient (Wildman–Crippen LogP) is 4.15. The number of aryl methyl sites for hydroxylation is 1. The van der Waals surface area contributed by atoms with Gasteiger partial charge in [0.25, 0.3) is 11.6 Å². The molecule has 0 radical (unpaired) electrons. The number of aliphatic hydroxyl groups is 1. The predicted molar refractivity (Wildman–Crippen MR) is 87.3 cm³/mol. The van der Waals surface area contributed by atoms with E-state index in [-0.39, 0.29) is 28.6 Å². The molecule has 1 aromatic rings. The molecule has 1 amide bonds. The third-order valence-electron chi connectivity index (χ3n) is 4.99. The summed E-state index contributed by atoms with van der Waals surface area (Å²) in [6, 6.07) is 4.17. The van der Waals surface area contributed by atoms with E-state index < -0.39 is 23.7 Å². The quantitative estimate of drug-likeness (QED) is 0.803. The first kappa shape index (κ1) is 18.2. The van der Waals surface area contributed by atoms with Crippen molar-refractivity contribution < 1.29 is 23.1 Å². The Morgan fingerprint density at radius 2 is 2.12 bits per heavy atom. The van der Waals surface area contributed by atoms with Crippen LogP contribution in [0.3, 0.4) is 0 Å². The summed E-state index contributed by atoms with van der Waals surface area (Å²) in [7, 11) is 0. The molecule has 3 rings (SSSR count). The number of hydrogen-bond acceptors (Lipinski definition) is 3. The van der Waals surface area contributed by atoms with E-state index in [1.807, 2.05) is 6.92 Å². The molecule has 3 atom stereocenters. The number of rotatable bonds is 1. The van der Waals surface area contributed by atoms with Gasteiger partial charge in [-0.2, -0.15) is 23.3 Å².